The fraction of sp³-hybridized carbons (Fsp3) is 0.545. The number of ether oxygens (including phenoxy) is 1. The number of anilines is 1. The summed E-state index contributed by atoms with van der Waals surface area (Å²) < 4.78 is 21.0. The minimum absolute atomic E-state index is 0.0148. The van der Waals surface area contributed by atoms with Crippen LogP contribution in [0.5, 0.6) is 0 Å². The molecule has 0 radical (unpaired) electrons. The zero-order valence-electron chi connectivity index (χ0n) is 23.8. The van der Waals surface area contributed by atoms with Gasteiger partial charge >= 0.3 is 5.97 Å². The van der Waals surface area contributed by atoms with Gasteiger partial charge < -0.3 is 14.7 Å². The predicted molar refractivity (Wildman–Crippen MR) is 150 cm³/mol. The third-order valence-corrected chi connectivity index (χ3v) is 10.0. The number of Topliss-reactive ketones (excluding diaryl/α,β-unsaturated/α-hetero) is 1. The molecule has 0 heterocycles. The topological polar surface area (TPSA) is 83.9 Å². The normalized spacial score (nSPS) is 32.6. The molecule has 4 aliphatic carbocycles. The third-order valence-electron chi connectivity index (χ3n) is 10.0. The number of carbonyl (C=O) groups is 3. The number of carbonyl (C=O) groups excluding carboxylic acids is 3. The first-order chi connectivity index (χ1) is 19.0. The molecular formula is C33H38FNO5. The Morgan fingerprint density at radius 2 is 1.93 bits per heavy atom. The van der Waals surface area contributed by atoms with E-state index >= 15 is 4.39 Å². The van der Waals surface area contributed by atoms with Gasteiger partial charge in [-0.3, -0.25) is 14.4 Å². The van der Waals surface area contributed by atoms with Crippen LogP contribution >= 0.6 is 0 Å². The standard InChI is InChI=1S/C33H38FNO5/c1-20(37)40-19-30(39)33(13-5-15-36)14-12-28-26-17-29(34)25-16-23(38)10-11-24(25)31(26)27(18-32(28,33)2)21-6-8-22(9-7-21)35(3)4/h6-9,16,26-29,36H,10-12,14-15,17-19H2,1-4H3/t26-,27+,28-,29?,32-,33-/m0/s1. The molecule has 6 nitrogen and oxygen atoms in total. The molecule has 2 saturated carbocycles. The molecular weight excluding hydrogens is 509 g/mol. The number of allylic oxidation sites excluding steroid dienone is 4. The molecule has 212 valence electrons. The van der Waals surface area contributed by atoms with Crippen molar-refractivity contribution in [1.29, 1.82) is 0 Å². The Morgan fingerprint density at radius 3 is 2.58 bits per heavy atom. The van der Waals surface area contributed by atoms with Gasteiger partial charge in [-0.05, 0) is 84.3 Å². The lowest BCUT2D eigenvalue weighted by Crippen LogP contribution is -2.52. The highest BCUT2D eigenvalue weighted by Crippen LogP contribution is 2.69. The zero-order chi connectivity index (χ0) is 28.8. The maximum Gasteiger partial charge on any atom is 0.303 e. The minimum Gasteiger partial charge on any atom is -0.458 e. The number of halogens is 1. The van der Waals surface area contributed by atoms with E-state index in [-0.39, 0.29) is 49.0 Å². The number of aliphatic hydroxyl groups excluding tert-OH is 1. The van der Waals surface area contributed by atoms with Gasteiger partial charge in [0.05, 0.1) is 5.41 Å². The molecule has 6 atom stereocenters. The SMILES string of the molecule is CC(=O)OCC(=O)[C@]1(C#CCO)CC[C@H]2[C@@H]3CC(F)C4=CC(=O)CCC4=C3[C@@H](c3ccc(N(C)C)cc3)C[C@@]21C. The van der Waals surface area contributed by atoms with Crippen LogP contribution in [0, 0.1) is 34.5 Å². The van der Waals surface area contributed by atoms with Crippen molar-refractivity contribution in [1.82, 2.24) is 0 Å². The predicted octanol–water partition coefficient (Wildman–Crippen LogP) is 4.71. The van der Waals surface area contributed by atoms with Crippen LogP contribution in [0.2, 0.25) is 0 Å². The van der Waals surface area contributed by atoms with Crippen LogP contribution in [-0.2, 0) is 19.1 Å². The van der Waals surface area contributed by atoms with Gasteiger partial charge in [0.15, 0.2) is 18.2 Å². The number of fused-ring (bicyclic) bond motifs is 4. The van der Waals surface area contributed by atoms with Crippen molar-refractivity contribution in [2.24, 2.45) is 22.7 Å². The second-order valence-corrected chi connectivity index (χ2v) is 12.2. The number of esters is 1. The van der Waals surface area contributed by atoms with E-state index in [2.05, 4.69) is 43.0 Å². The third kappa shape index (κ3) is 4.51. The summed E-state index contributed by atoms with van der Waals surface area (Å²) in [5.41, 5.74) is 3.12. The first kappa shape index (κ1) is 28.3. The molecule has 7 heteroatoms. The Hall–Kier alpha value is -3.24. The van der Waals surface area contributed by atoms with Gasteiger partial charge in [-0.25, -0.2) is 4.39 Å². The number of ketones is 2. The number of rotatable bonds is 5. The Labute approximate surface area is 235 Å². The maximum absolute atomic E-state index is 15.8. The van der Waals surface area contributed by atoms with Crippen molar-refractivity contribution < 1.29 is 28.6 Å². The number of hydrogen-bond donors (Lipinski definition) is 1. The van der Waals surface area contributed by atoms with Crippen molar-refractivity contribution in [3.8, 4) is 11.8 Å². The lowest BCUT2D eigenvalue weighted by molar-refractivity contribution is -0.150. The summed E-state index contributed by atoms with van der Waals surface area (Å²) in [5, 5.41) is 9.63. The summed E-state index contributed by atoms with van der Waals surface area (Å²) >= 11 is 0. The average molecular weight is 548 g/mol. The molecule has 1 aromatic rings. The summed E-state index contributed by atoms with van der Waals surface area (Å²) in [6.45, 7) is 2.61. The van der Waals surface area contributed by atoms with E-state index in [1.807, 2.05) is 19.0 Å². The molecule has 40 heavy (non-hydrogen) atoms. The Bertz CT molecular complexity index is 1350. The highest BCUT2D eigenvalue weighted by molar-refractivity contribution is 5.93. The van der Waals surface area contributed by atoms with Crippen molar-refractivity contribution in [2.75, 3.05) is 32.2 Å². The summed E-state index contributed by atoms with van der Waals surface area (Å²) in [6, 6.07) is 8.38. The Balaban J connectivity index is 1.69. The lowest BCUT2D eigenvalue weighted by Gasteiger charge is -2.55. The molecule has 0 aromatic heterocycles. The van der Waals surface area contributed by atoms with E-state index in [0.717, 1.165) is 16.8 Å². The van der Waals surface area contributed by atoms with Gasteiger partial charge in [-0.1, -0.05) is 36.5 Å². The molecule has 0 bridgehead atoms. The smallest absolute Gasteiger partial charge is 0.303 e. The fourth-order valence-electron chi connectivity index (χ4n) is 8.18. The minimum atomic E-state index is -1.23. The molecule has 0 saturated heterocycles. The van der Waals surface area contributed by atoms with Crippen LogP contribution in [0.25, 0.3) is 0 Å². The molecule has 1 aromatic carbocycles. The second kappa shape index (κ2) is 10.6. The quantitative estimate of drug-likeness (QED) is 0.425. The average Bonchev–Trinajstić information content (AvgIpc) is 3.23. The molecule has 1 N–H and O–H groups in total. The van der Waals surface area contributed by atoms with E-state index in [1.54, 1.807) is 0 Å². The van der Waals surface area contributed by atoms with E-state index < -0.39 is 23.0 Å². The van der Waals surface area contributed by atoms with Gasteiger partial charge in [0.1, 0.15) is 12.8 Å². The lowest BCUT2D eigenvalue weighted by atomic mass is 9.48. The largest absolute Gasteiger partial charge is 0.458 e. The number of nitrogens with zero attached hydrogens (tertiary/aromatic N) is 1. The number of aliphatic hydroxyl groups is 1. The van der Waals surface area contributed by atoms with Gasteiger partial charge in [0.2, 0.25) is 0 Å². The summed E-state index contributed by atoms with van der Waals surface area (Å²) in [6.07, 6.45) is 3.22. The van der Waals surface area contributed by atoms with Crippen molar-refractivity contribution in [3.05, 3.63) is 52.6 Å². The van der Waals surface area contributed by atoms with Gasteiger partial charge in [0.25, 0.3) is 0 Å². The molecule has 0 amide bonds. The number of hydrogen-bond acceptors (Lipinski definition) is 6. The zero-order valence-corrected chi connectivity index (χ0v) is 23.8. The van der Waals surface area contributed by atoms with Crippen molar-refractivity contribution >= 4 is 23.2 Å². The van der Waals surface area contributed by atoms with Gasteiger partial charge in [-0.2, -0.15) is 0 Å². The second-order valence-electron chi connectivity index (χ2n) is 12.2. The Kier molecular flexibility index (Phi) is 7.52. The molecule has 0 aliphatic heterocycles. The molecule has 0 spiro atoms. The molecule has 4 aliphatic rings. The van der Waals surface area contributed by atoms with Crippen LogP contribution in [0.4, 0.5) is 10.1 Å². The van der Waals surface area contributed by atoms with E-state index in [4.69, 9.17) is 4.74 Å². The van der Waals surface area contributed by atoms with Crippen LogP contribution in [0.1, 0.15) is 63.9 Å². The van der Waals surface area contributed by atoms with Crippen LogP contribution < -0.4 is 4.90 Å². The number of benzene rings is 1. The molecule has 2 fully saturated rings. The highest BCUT2D eigenvalue weighted by Gasteiger charge is 2.66. The summed E-state index contributed by atoms with van der Waals surface area (Å²) in [7, 11) is 3.98. The highest BCUT2D eigenvalue weighted by atomic mass is 19.1. The van der Waals surface area contributed by atoms with Crippen LogP contribution in [0.3, 0.4) is 0 Å². The molecule has 1 unspecified atom stereocenters. The van der Waals surface area contributed by atoms with Crippen LogP contribution in [0.15, 0.2) is 47.1 Å². The molecule has 5 rings (SSSR count). The van der Waals surface area contributed by atoms with Gasteiger partial charge in [-0.15, -0.1) is 0 Å². The van der Waals surface area contributed by atoms with E-state index in [0.29, 0.717) is 37.7 Å². The van der Waals surface area contributed by atoms with Crippen molar-refractivity contribution in [2.45, 2.75) is 64.5 Å². The summed E-state index contributed by atoms with van der Waals surface area (Å²) in [5.74, 6) is 4.90. The fourth-order valence-corrected chi connectivity index (χ4v) is 8.18. The number of alkyl halides is 1. The van der Waals surface area contributed by atoms with E-state index in [9.17, 15) is 19.5 Å². The first-order valence-electron chi connectivity index (χ1n) is 14.2. The van der Waals surface area contributed by atoms with Crippen molar-refractivity contribution in [3.63, 3.8) is 0 Å². The first-order valence-corrected chi connectivity index (χ1v) is 14.2. The Morgan fingerprint density at radius 1 is 1.20 bits per heavy atom. The van der Waals surface area contributed by atoms with Crippen LogP contribution in [-0.4, -0.2) is 56.1 Å². The monoisotopic (exact) mass is 547 g/mol. The van der Waals surface area contributed by atoms with Gasteiger partial charge in [0, 0.05) is 39.0 Å². The maximum atomic E-state index is 15.8. The summed E-state index contributed by atoms with van der Waals surface area (Å²) in [4.78, 5) is 39.8. The van der Waals surface area contributed by atoms with E-state index in [1.165, 1.54) is 18.6 Å².